The standard InChI is InChI=1S/C14H16N2O6S2/c1-8-10(6-12(22-8)24(20,21)16(2)3)13(17)15-7-9-4-5-11(23-9)14(18)19/h4-6H,7H2,1-3H3,(H,15,17)(H,18,19). The molecule has 0 radical (unpaired) electrons. The van der Waals surface area contributed by atoms with Crippen LogP contribution in [0, 0.1) is 6.92 Å². The van der Waals surface area contributed by atoms with E-state index in [9.17, 15) is 18.0 Å². The third kappa shape index (κ3) is 3.66. The van der Waals surface area contributed by atoms with E-state index in [0.717, 1.165) is 15.6 Å². The minimum Gasteiger partial charge on any atom is -0.477 e. The number of rotatable bonds is 6. The van der Waals surface area contributed by atoms with Crippen LogP contribution < -0.4 is 5.32 Å². The zero-order valence-corrected chi connectivity index (χ0v) is 14.8. The lowest BCUT2D eigenvalue weighted by atomic mass is 10.2. The molecule has 0 aliphatic rings. The van der Waals surface area contributed by atoms with Gasteiger partial charge in [0.1, 0.15) is 10.6 Å². The first kappa shape index (κ1) is 18.2. The van der Waals surface area contributed by atoms with Gasteiger partial charge in [0.2, 0.25) is 5.09 Å². The van der Waals surface area contributed by atoms with Crippen LogP contribution in [0.15, 0.2) is 27.7 Å². The normalized spacial score (nSPS) is 11.7. The maximum atomic E-state index is 12.2. The van der Waals surface area contributed by atoms with Crippen LogP contribution in [0.5, 0.6) is 0 Å². The topological polar surface area (TPSA) is 117 Å². The molecule has 0 aromatic carbocycles. The Balaban J connectivity index is 2.13. The molecule has 0 spiro atoms. The van der Waals surface area contributed by atoms with Crippen LogP contribution in [-0.4, -0.2) is 43.8 Å². The summed E-state index contributed by atoms with van der Waals surface area (Å²) in [6, 6.07) is 4.25. The Morgan fingerprint density at radius 2 is 2.00 bits per heavy atom. The highest BCUT2D eigenvalue weighted by atomic mass is 32.2. The summed E-state index contributed by atoms with van der Waals surface area (Å²) >= 11 is 1.06. The molecular formula is C14H16N2O6S2. The van der Waals surface area contributed by atoms with Crippen molar-refractivity contribution in [1.29, 1.82) is 0 Å². The molecule has 2 aromatic heterocycles. The van der Waals surface area contributed by atoms with E-state index in [-0.39, 0.29) is 27.8 Å². The minimum atomic E-state index is -3.76. The van der Waals surface area contributed by atoms with Crippen LogP contribution in [0.3, 0.4) is 0 Å². The quantitative estimate of drug-likeness (QED) is 0.794. The summed E-state index contributed by atoms with van der Waals surface area (Å²) in [6.45, 7) is 1.63. The van der Waals surface area contributed by atoms with Crippen LogP contribution in [0.2, 0.25) is 0 Å². The molecule has 0 saturated carbocycles. The van der Waals surface area contributed by atoms with Gasteiger partial charge >= 0.3 is 5.97 Å². The number of aromatic carboxylic acids is 1. The van der Waals surface area contributed by atoms with Crippen molar-refractivity contribution >= 4 is 33.2 Å². The van der Waals surface area contributed by atoms with Crippen LogP contribution >= 0.6 is 11.3 Å². The van der Waals surface area contributed by atoms with Gasteiger partial charge in [-0.2, -0.15) is 0 Å². The van der Waals surface area contributed by atoms with Crippen molar-refractivity contribution < 1.29 is 27.5 Å². The first-order chi connectivity index (χ1) is 11.1. The zero-order valence-electron chi connectivity index (χ0n) is 13.2. The maximum absolute atomic E-state index is 12.2. The molecule has 1 amide bonds. The molecule has 0 aliphatic heterocycles. The summed E-state index contributed by atoms with van der Waals surface area (Å²) < 4.78 is 30.2. The molecule has 0 bridgehead atoms. The van der Waals surface area contributed by atoms with Crippen LogP contribution in [0.1, 0.15) is 30.7 Å². The molecule has 2 rings (SSSR count). The van der Waals surface area contributed by atoms with E-state index in [1.54, 1.807) is 6.07 Å². The third-order valence-corrected chi connectivity index (χ3v) is 5.91. The van der Waals surface area contributed by atoms with Crippen molar-refractivity contribution in [1.82, 2.24) is 9.62 Å². The van der Waals surface area contributed by atoms with Crippen LogP contribution in [0.25, 0.3) is 0 Å². The Morgan fingerprint density at radius 3 is 2.54 bits per heavy atom. The first-order valence-corrected chi connectivity index (χ1v) is 9.01. The molecular weight excluding hydrogens is 356 g/mol. The van der Waals surface area contributed by atoms with Crippen molar-refractivity contribution in [2.75, 3.05) is 14.1 Å². The van der Waals surface area contributed by atoms with Gasteiger partial charge in [-0.1, -0.05) is 0 Å². The number of carbonyl (C=O) groups excluding carboxylic acids is 1. The number of nitrogens with zero attached hydrogens (tertiary/aromatic N) is 1. The molecule has 8 nitrogen and oxygen atoms in total. The molecule has 2 heterocycles. The number of thiophene rings is 1. The third-order valence-electron chi connectivity index (χ3n) is 3.17. The molecule has 24 heavy (non-hydrogen) atoms. The minimum absolute atomic E-state index is 0.116. The van der Waals surface area contributed by atoms with Crippen molar-refractivity contribution in [3.05, 3.63) is 39.3 Å². The average molecular weight is 372 g/mol. The molecule has 0 aliphatic carbocycles. The number of carboxylic acids is 1. The van der Waals surface area contributed by atoms with Crippen LogP contribution in [0.4, 0.5) is 0 Å². The monoisotopic (exact) mass is 372 g/mol. The largest absolute Gasteiger partial charge is 0.477 e. The van der Waals surface area contributed by atoms with Crippen LogP contribution in [-0.2, 0) is 16.6 Å². The summed E-state index contributed by atoms with van der Waals surface area (Å²) in [4.78, 5) is 23.9. The molecule has 2 aromatic rings. The highest BCUT2D eigenvalue weighted by Gasteiger charge is 2.25. The summed E-state index contributed by atoms with van der Waals surface area (Å²) in [6.07, 6.45) is 0. The fourth-order valence-electron chi connectivity index (χ4n) is 1.84. The first-order valence-electron chi connectivity index (χ1n) is 6.76. The SMILES string of the molecule is Cc1oc(S(=O)(=O)N(C)C)cc1C(=O)NCc1ccc(C(=O)O)s1. The lowest BCUT2D eigenvalue weighted by molar-refractivity contribution is 0.0702. The summed E-state index contributed by atoms with van der Waals surface area (Å²) in [5.41, 5.74) is 0.116. The Kier molecular flexibility index (Phi) is 5.11. The molecule has 130 valence electrons. The average Bonchev–Trinajstić information content (AvgIpc) is 3.11. The van der Waals surface area contributed by atoms with Gasteiger partial charge < -0.3 is 14.8 Å². The number of hydrogen-bond acceptors (Lipinski definition) is 6. The Bertz CT molecular complexity index is 879. The number of hydrogen-bond donors (Lipinski definition) is 2. The highest BCUT2D eigenvalue weighted by Crippen LogP contribution is 2.22. The number of sulfonamides is 1. The summed E-state index contributed by atoms with van der Waals surface area (Å²) in [7, 11) is -1.03. The van der Waals surface area contributed by atoms with Gasteiger partial charge in [-0.05, 0) is 19.1 Å². The van der Waals surface area contributed by atoms with Gasteiger partial charge in [-0.3, -0.25) is 4.79 Å². The van der Waals surface area contributed by atoms with Gasteiger partial charge in [0.05, 0.1) is 12.1 Å². The van der Waals surface area contributed by atoms with E-state index in [1.165, 1.54) is 33.2 Å². The molecule has 0 atom stereocenters. The van der Waals surface area contributed by atoms with E-state index < -0.39 is 21.9 Å². The fourth-order valence-corrected chi connectivity index (χ4v) is 3.48. The predicted molar refractivity (Wildman–Crippen MR) is 86.8 cm³/mol. The fraction of sp³-hybridized carbons (Fsp3) is 0.286. The van der Waals surface area contributed by atoms with Gasteiger partial charge in [-0.25, -0.2) is 17.5 Å². The molecule has 10 heteroatoms. The second-order valence-corrected chi connectivity index (χ2v) is 8.33. The van der Waals surface area contributed by atoms with E-state index >= 15 is 0 Å². The number of carboxylic acid groups (broad SMARTS) is 1. The van der Waals surface area contributed by atoms with Gasteiger partial charge in [0.25, 0.3) is 15.9 Å². The number of furan rings is 1. The van der Waals surface area contributed by atoms with E-state index in [4.69, 9.17) is 9.52 Å². The highest BCUT2D eigenvalue weighted by molar-refractivity contribution is 7.88. The van der Waals surface area contributed by atoms with E-state index in [2.05, 4.69) is 5.32 Å². The molecule has 0 saturated heterocycles. The lowest BCUT2D eigenvalue weighted by Crippen LogP contribution is -2.23. The molecule has 0 fully saturated rings. The predicted octanol–water partition coefficient (Wildman–Crippen LogP) is 1.53. The van der Waals surface area contributed by atoms with E-state index in [0.29, 0.717) is 4.88 Å². The van der Waals surface area contributed by atoms with Crippen molar-refractivity contribution in [2.45, 2.75) is 18.6 Å². The number of nitrogens with one attached hydrogen (secondary N) is 1. The second kappa shape index (κ2) is 6.75. The Morgan fingerprint density at radius 1 is 1.33 bits per heavy atom. The van der Waals surface area contributed by atoms with Gasteiger partial charge in [0.15, 0.2) is 0 Å². The zero-order chi connectivity index (χ0) is 18.1. The van der Waals surface area contributed by atoms with Crippen molar-refractivity contribution in [3.63, 3.8) is 0 Å². The molecule has 0 unspecified atom stereocenters. The van der Waals surface area contributed by atoms with Crippen molar-refractivity contribution in [3.8, 4) is 0 Å². The summed E-state index contributed by atoms with van der Waals surface area (Å²) in [5.74, 6) is -1.34. The number of amides is 1. The van der Waals surface area contributed by atoms with Gasteiger partial charge in [-0.15, -0.1) is 11.3 Å². The second-order valence-electron chi connectivity index (χ2n) is 5.08. The number of aryl methyl sites for hydroxylation is 1. The van der Waals surface area contributed by atoms with Crippen molar-refractivity contribution in [2.24, 2.45) is 0 Å². The number of carbonyl (C=O) groups is 2. The molecule has 2 N–H and O–H groups in total. The maximum Gasteiger partial charge on any atom is 0.345 e. The Labute approximate surface area is 142 Å². The summed E-state index contributed by atoms with van der Waals surface area (Å²) in [5, 5.41) is 11.2. The lowest BCUT2D eigenvalue weighted by Gasteiger charge is -2.07. The smallest absolute Gasteiger partial charge is 0.345 e. The van der Waals surface area contributed by atoms with Gasteiger partial charge in [0, 0.05) is 25.0 Å². The van der Waals surface area contributed by atoms with E-state index in [1.807, 2.05) is 0 Å². The Hall–Kier alpha value is -2.17.